The first-order chi connectivity index (χ1) is 10.5. The van der Waals surface area contributed by atoms with Gasteiger partial charge in [-0.05, 0) is 38.3 Å². The molecule has 0 aliphatic carbocycles. The molecule has 2 aliphatic heterocycles. The minimum absolute atomic E-state index is 0.204. The first-order valence-electron chi connectivity index (χ1n) is 7.97. The number of nitrogens with zero attached hydrogens (tertiary/aromatic N) is 4. The van der Waals surface area contributed by atoms with Crippen molar-refractivity contribution < 1.29 is 8.42 Å². The van der Waals surface area contributed by atoms with Gasteiger partial charge in [-0.15, -0.1) is 10.2 Å². The fourth-order valence-electron chi connectivity index (χ4n) is 3.21. The lowest BCUT2D eigenvalue weighted by Gasteiger charge is -2.13. The Morgan fingerprint density at radius 3 is 2.73 bits per heavy atom. The predicted molar refractivity (Wildman–Crippen MR) is 87.9 cm³/mol. The van der Waals surface area contributed by atoms with Crippen LogP contribution in [0.3, 0.4) is 0 Å². The van der Waals surface area contributed by atoms with Crippen LogP contribution in [0.4, 0.5) is 0 Å². The molecule has 1 atom stereocenters. The number of likely N-dealkylation sites (tertiary alicyclic amines) is 1. The zero-order valence-electron chi connectivity index (χ0n) is 13.1. The van der Waals surface area contributed by atoms with E-state index in [9.17, 15) is 8.42 Å². The topological polar surface area (TPSA) is 68.1 Å². The summed E-state index contributed by atoms with van der Waals surface area (Å²) in [6, 6.07) is 0. The zero-order chi connectivity index (χ0) is 15.6. The largest absolute Gasteiger partial charge is 0.309 e. The van der Waals surface area contributed by atoms with Crippen LogP contribution in [-0.4, -0.2) is 65.0 Å². The Morgan fingerprint density at radius 2 is 2.05 bits per heavy atom. The lowest BCUT2D eigenvalue weighted by Crippen LogP contribution is -2.22. The van der Waals surface area contributed by atoms with Crippen molar-refractivity contribution in [2.24, 2.45) is 13.0 Å². The highest BCUT2D eigenvalue weighted by atomic mass is 32.2. The van der Waals surface area contributed by atoms with E-state index in [1.165, 1.54) is 25.9 Å². The minimum atomic E-state index is -2.81. The second-order valence-electron chi connectivity index (χ2n) is 6.33. The number of hydrogen-bond acceptors (Lipinski definition) is 6. The van der Waals surface area contributed by atoms with Crippen molar-refractivity contribution >= 4 is 21.6 Å². The molecule has 6 nitrogen and oxygen atoms in total. The van der Waals surface area contributed by atoms with E-state index in [0.717, 1.165) is 36.1 Å². The number of hydrogen-bond donors (Lipinski definition) is 0. The monoisotopic (exact) mass is 344 g/mol. The Balaban J connectivity index is 1.50. The molecular formula is C14H24N4O2S2. The number of aromatic nitrogens is 3. The second-order valence-corrected chi connectivity index (χ2v) is 9.62. The smallest absolute Gasteiger partial charge is 0.190 e. The summed E-state index contributed by atoms with van der Waals surface area (Å²) in [5.74, 6) is 2.77. The predicted octanol–water partition coefficient (Wildman–Crippen LogP) is 0.980. The Kier molecular flexibility index (Phi) is 5.09. The van der Waals surface area contributed by atoms with Gasteiger partial charge in [-0.2, -0.15) is 0 Å². The van der Waals surface area contributed by atoms with Crippen LogP contribution in [0.1, 0.15) is 25.1 Å². The highest BCUT2D eigenvalue weighted by Crippen LogP contribution is 2.23. The molecule has 0 unspecified atom stereocenters. The highest BCUT2D eigenvalue weighted by Gasteiger charge is 2.29. The van der Waals surface area contributed by atoms with Crippen LogP contribution < -0.4 is 0 Å². The average Bonchev–Trinajstić information content (AvgIpc) is 3.16. The van der Waals surface area contributed by atoms with Crippen molar-refractivity contribution in [3.8, 4) is 0 Å². The van der Waals surface area contributed by atoms with Crippen LogP contribution in [0.25, 0.3) is 0 Å². The molecule has 124 valence electrons. The van der Waals surface area contributed by atoms with Crippen molar-refractivity contribution in [3.63, 3.8) is 0 Å². The van der Waals surface area contributed by atoms with E-state index >= 15 is 0 Å². The van der Waals surface area contributed by atoms with Gasteiger partial charge in [0.05, 0.1) is 11.5 Å². The summed E-state index contributed by atoms with van der Waals surface area (Å²) in [6.45, 7) is 3.55. The summed E-state index contributed by atoms with van der Waals surface area (Å²) in [5, 5.41) is 9.47. The molecule has 1 aromatic rings. The molecular weight excluding hydrogens is 320 g/mol. The summed E-state index contributed by atoms with van der Waals surface area (Å²) >= 11 is 1.74. The van der Waals surface area contributed by atoms with Gasteiger partial charge in [0.2, 0.25) is 0 Å². The Bertz CT molecular complexity index is 608. The summed E-state index contributed by atoms with van der Waals surface area (Å²) in [7, 11) is -0.830. The molecule has 8 heteroatoms. The maximum Gasteiger partial charge on any atom is 0.190 e. The fourth-order valence-corrected chi connectivity index (χ4v) is 6.00. The van der Waals surface area contributed by atoms with E-state index < -0.39 is 9.84 Å². The quantitative estimate of drug-likeness (QED) is 0.717. The molecule has 2 aliphatic rings. The molecule has 3 heterocycles. The van der Waals surface area contributed by atoms with Gasteiger partial charge in [0.25, 0.3) is 0 Å². The minimum Gasteiger partial charge on any atom is -0.309 e. The molecule has 0 spiro atoms. The molecule has 2 saturated heterocycles. The van der Waals surface area contributed by atoms with Crippen molar-refractivity contribution in [2.45, 2.75) is 30.8 Å². The van der Waals surface area contributed by atoms with Gasteiger partial charge < -0.3 is 9.47 Å². The maximum atomic E-state index is 11.5. The summed E-state index contributed by atoms with van der Waals surface area (Å²) in [4.78, 5) is 2.49. The number of rotatable bonds is 6. The molecule has 0 bridgehead atoms. The van der Waals surface area contributed by atoms with Gasteiger partial charge in [0.15, 0.2) is 15.0 Å². The second kappa shape index (κ2) is 6.88. The number of thioether (sulfide) groups is 1. The molecule has 0 N–H and O–H groups in total. The van der Waals surface area contributed by atoms with Crippen LogP contribution in [0, 0.1) is 5.92 Å². The molecule has 3 rings (SSSR count). The molecule has 22 heavy (non-hydrogen) atoms. The Labute approximate surface area is 136 Å². The number of sulfone groups is 1. The van der Waals surface area contributed by atoms with Gasteiger partial charge in [-0.1, -0.05) is 11.8 Å². The van der Waals surface area contributed by atoms with E-state index in [2.05, 4.69) is 15.1 Å². The van der Waals surface area contributed by atoms with Gasteiger partial charge in [0, 0.05) is 25.8 Å². The summed E-state index contributed by atoms with van der Waals surface area (Å²) < 4.78 is 25.1. The fraction of sp³-hybridized carbons (Fsp3) is 0.857. The van der Waals surface area contributed by atoms with E-state index in [1.54, 1.807) is 11.8 Å². The Morgan fingerprint density at radius 1 is 1.27 bits per heavy atom. The zero-order valence-corrected chi connectivity index (χ0v) is 14.7. The first kappa shape index (κ1) is 16.3. The van der Waals surface area contributed by atoms with Crippen LogP contribution in [0.15, 0.2) is 5.16 Å². The molecule has 0 amide bonds. The Hall–Kier alpha value is -0.600. The average molecular weight is 345 g/mol. The van der Waals surface area contributed by atoms with E-state index in [0.29, 0.717) is 11.5 Å². The standard InChI is InChI=1S/C14H24N4O2S2/c1-17-13(10-12-4-9-22(19,20)11-12)15-16-14(17)21-8-7-18-5-2-3-6-18/h12H,2-11H2,1H3/t12-/m0/s1. The third-order valence-corrected chi connectivity index (χ3v) is 7.40. The van der Waals surface area contributed by atoms with Crippen molar-refractivity contribution in [2.75, 3.05) is 36.9 Å². The molecule has 0 saturated carbocycles. The summed E-state index contributed by atoms with van der Waals surface area (Å²) in [6.07, 6.45) is 4.12. The lowest BCUT2D eigenvalue weighted by atomic mass is 10.1. The highest BCUT2D eigenvalue weighted by molar-refractivity contribution is 7.99. The van der Waals surface area contributed by atoms with Gasteiger partial charge in [-0.25, -0.2) is 8.42 Å². The van der Waals surface area contributed by atoms with E-state index in [1.807, 2.05) is 11.6 Å². The van der Waals surface area contributed by atoms with Gasteiger partial charge in [-0.3, -0.25) is 0 Å². The van der Waals surface area contributed by atoms with E-state index in [4.69, 9.17) is 0 Å². The summed E-state index contributed by atoms with van der Waals surface area (Å²) in [5.41, 5.74) is 0. The van der Waals surface area contributed by atoms with Crippen molar-refractivity contribution in [1.82, 2.24) is 19.7 Å². The molecule has 1 aromatic heterocycles. The molecule has 2 fully saturated rings. The first-order valence-corrected chi connectivity index (χ1v) is 10.8. The van der Waals surface area contributed by atoms with Crippen LogP contribution in [-0.2, 0) is 23.3 Å². The van der Waals surface area contributed by atoms with Gasteiger partial charge >= 0.3 is 0 Å². The SMILES string of the molecule is Cn1c(C[C@@H]2CCS(=O)(=O)C2)nnc1SCCN1CCCC1. The lowest BCUT2D eigenvalue weighted by molar-refractivity contribution is 0.362. The van der Waals surface area contributed by atoms with Crippen LogP contribution >= 0.6 is 11.8 Å². The molecule has 0 aromatic carbocycles. The van der Waals surface area contributed by atoms with Crippen molar-refractivity contribution in [1.29, 1.82) is 0 Å². The normalized spacial score (nSPS) is 25.0. The molecule has 0 radical (unpaired) electrons. The van der Waals surface area contributed by atoms with Crippen LogP contribution in [0.2, 0.25) is 0 Å². The van der Waals surface area contributed by atoms with E-state index in [-0.39, 0.29) is 5.92 Å². The third-order valence-electron chi connectivity index (χ3n) is 4.56. The third kappa shape index (κ3) is 4.02. The van der Waals surface area contributed by atoms with Gasteiger partial charge in [0.1, 0.15) is 5.82 Å². The van der Waals surface area contributed by atoms with Crippen molar-refractivity contribution in [3.05, 3.63) is 5.82 Å². The van der Waals surface area contributed by atoms with Crippen LogP contribution in [0.5, 0.6) is 0 Å². The maximum absolute atomic E-state index is 11.5.